The number of carbonyl (C=O) groups excluding carboxylic acids is 1. The number of Topliss-reactive ketones (excluding diaryl/α,β-unsaturated/α-hetero) is 1. The SMILES string of the molecule is CCCOc1ccc(C(=O)Cc2cccc(Cl)c2)cc1Br. The zero-order valence-electron chi connectivity index (χ0n) is 11.7. The van der Waals surface area contributed by atoms with E-state index in [4.69, 9.17) is 16.3 Å². The van der Waals surface area contributed by atoms with Crippen molar-refractivity contribution in [2.24, 2.45) is 0 Å². The number of benzene rings is 2. The van der Waals surface area contributed by atoms with Crippen molar-refractivity contribution < 1.29 is 9.53 Å². The zero-order chi connectivity index (χ0) is 15.2. The van der Waals surface area contributed by atoms with Crippen LogP contribution >= 0.6 is 27.5 Å². The molecule has 0 aromatic heterocycles. The molecule has 0 bridgehead atoms. The molecule has 0 saturated heterocycles. The van der Waals surface area contributed by atoms with E-state index < -0.39 is 0 Å². The molecule has 110 valence electrons. The van der Waals surface area contributed by atoms with Gasteiger partial charge in [0.2, 0.25) is 0 Å². The Balaban J connectivity index is 2.11. The summed E-state index contributed by atoms with van der Waals surface area (Å²) in [6.45, 7) is 2.71. The van der Waals surface area contributed by atoms with Gasteiger partial charge in [-0.05, 0) is 58.2 Å². The predicted octanol–water partition coefficient (Wildman–Crippen LogP) is 5.32. The van der Waals surface area contributed by atoms with Gasteiger partial charge in [0.15, 0.2) is 5.78 Å². The average Bonchev–Trinajstić information content (AvgIpc) is 2.46. The Hall–Kier alpha value is -1.32. The molecule has 0 aliphatic heterocycles. The Morgan fingerprint density at radius 1 is 1.24 bits per heavy atom. The summed E-state index contributed by atoms with van der Waals surface area (Å²) in [4.78, 5) is 12.3. The molecule has 0 heterocycles. The Kier molecular flexibility index (Phi) is 5.83. The molecule has 0 amide bonds. The third-order valence-electron chi connectivity index (χ3n) is 2.97. The van der Waals surface area contributed by atoms with Gasteiger partial charge >= 0.3 is 0 Å². The lowest BCUT2D eigenvalue weighted by Gasteiger charge is -2.08. The van der Waals surface area contributed by atoms with E-state index in [2.05, 4.69) is 22.9 Å². The van der Waals surface area contributed by atoms with Crippen LogP contribution in [0.15, 0.2) is 46.9 Å². The highest BCUT2D eigenvalue weighted by Gasteiger charge is 2.10. The minimum Gasteiger partial charge on any atom is -0.492 e. The molecule has 0 aliphatic carbocycles. The molecule has 0 atom stereocenters. The number of hydrogen-bond acceptors (Lipinski definition) is 2. The van der Waals surface area contributed by atoms with Gasteiger partial charge in [-0.25, -0.2) is 0 Å². The lowest BCUT2D eigenvalue weighted by Crippen LogP contribution is -2.04. The van der Waals surface area contributed by atoms with Gasteiger partial charge in [-0.1, -0.05) is 30.7 Å². The van der Waals surface area contributed by atoms with Crippen LogP contribution in [0.5, 0.6) is 5.75 Å². The highest BCUT2D eigenvalue weighted by Crippen LogP contribution is 2.27. The predicted molar refractivity (Wildman–Crippen MR) is 89.4 cm³/mol. The third kappa shape index (κ3) is 4.58. The summed E-state index contributed by atoms with van der Waals surface area (Å²) >= 11 is 9.38. The van der Waals surface area contributed by atoms with E-state index >= 15 is 0 Å². The topological polar surface area (TPSA) is 26.3 Å². The van der Waals surface area contributed by atoms with Crippen molar-refractivity contribution in [2.45, 2.75) is 19.8 Å². The first-order valence-electron chi connectivity index (χ1n) is 6.80. The molecule has 21 heavy (non-hydrogen) atoms. The minimum absolute atomic E-state index is 0.0556. The summed E-state index contributed by atoms with van der Waals surface area (Å²) in [5.41, 5.74) is 1.57. The monoisotopic (exact) mass is 366 g/mol. The molecule has 0 N–H and O–H groups in total. The van der Waals surface area contributed by atoms with Gasteiger partial charge < -0.3 is 4.74 Å². The van der Waals surface area contributed by atoms with Crippen LogP contribution in [0.3, 0.4) is 0 Å². The lowest BCUT2D eigenvalue weighted by molar-refractivity contribution is 0.0993. The summed E-state index contributed by atoms with van der Waals surface area (Å²) in [6, 6.07) is 12.8. The Bertz CT molecular complexity index is 640. The smallest absolute Gasteiger partial charge is 0.167 e. The Labute approximate surface area is 138 Å². The van der Waals surface area contributed by atoms with Gasteiger partial charge in [-0.15, -0.1) is 0 Å². The summed E-state index contributed by atoms with van der Waals surface area (Å²) in [5.74, 6) is 0.816. The minimum atomic E-state index is 0.0556. The number of hydrogen-bond donors (Lipinski definition) is 0. The van der Waals surface area contributed by atoms with Crippen molar-refractivity contribution in [3.8, 4) is 5.75 Å². The van der Waals surface area contributed by atoms with Gasteiger partial charge in [0, 0.05) is 17.0 Å². The van der Waals surface area contributed by atoms with E-state index in [0.29, 0.717) is 23.6 Å². The van der Waals surface area contributed by atoms with Crippen LogP contribution in [0, 0.1) is 0 Å². The average molecular weight is 368 g/mol. The second kappa shape index (κ2) is 7.62. The standard InChI is InChI=1S/C17H16BrClO2/c1-2-8-21-17-7-6-13(11-15(17)18)16(20)10-12-4-3-5-14(19)9-12/h3-7,9,11H,2,8,10H2,1H3. The first-order chi connectivity index (χ1) is 10.1. The number of carbonyl (C=O) groups is 1. The van der Waals surface area contributed by atoms with Gasteiger partial charge in [0.1, 0.15) is 5.75 Å². The quantitative estimate of drug-likeness (QED) is 0.646. The zero-order valence-corrected chi connectivity index (χ0v) is 14.1. The van der Waals surface area contributed by atoms with Gasteiger partial charge in [-0.3, -0.25) is 4.79 Å². The summed E-state index contributed by atoms with van der Waals surface area (Å²) in [6.07, 6.45) is 1.28. The van der Waals surface area contributed by atoms with Gasteiger partial charge in [0.25, 0.3) is 0 Å². The maximum atomic E-state index is 12.3. The van der Waals surface area contributed by atoms with Crippen LogP contribution < -0.4 is 4.74 Å². The van der Waals surface area contributed by atoms with Crippen molar-refractivity contribution in [2.75, 3.05) is 6.61 Å². The van der Waals surface area contributed by atoms with Crippen molar-refractivity contribution in [3.05, 3.63) is 63.1 Å². The normalized spacial score (nSPS) is 10.4. The van der Waals surface area contributed by atoms with E-state index in [0.717, 1.165) is 22.2 Å². The first-order valence-corrected chi connectivity index (χ1v) is 7.97. The highest BCUT2D eigenvalue weighted by molar-refractivity contribution is 9.10. The fourth-order valence-electron chi connectivity index (χ4n) is 1.94. The lowest BCUT2D eigenvalue weighted by atomic mass is 10.0. The maximum Gasteiger partial charge on any atom is 0.167 e. The number of ketones is 1. The molecule has 0 spiro atoms. The number of rotatable bonds is 6. The summed E-state index contributed by atoms with van der Waals surface area (Å²) in [7, 11) is 0. The fraction of sp³-hybridized carbons (Fsp3) is 0.235. The van der Waals surface area contributed by atoms with Crippen LogP contribution in [-0.2, 0) is 6.42 Å². The van der Waals surface area contributed by atoms with E-state index in [1.807, 2.05) is 24.3 Å². The van der Waals surface area contributed by atoms with Gasteiger partial charge in [-0.2, -0.15) is 0 Å². The number of ether oxygens (including phenoxy) is 1. The summed E-state index contributed by atoms with van der Waals surface area (Å²) in [5, 5.41) is 0.643. The van der Waals surface area contributed by atoms with E-state index in [9.17, 15) is 4.79 Å². The Morgan fingerprint density at radius 2 is 2.05 bits per heavy atom. The van der Waals surface area contributed by atoms with Crippen molar-refractivity contribution >= 4 is 33.3 Å². The second-order valence-electron chi connectivity index (χ2n) is 4.72. The molecule has 2 aromatic carbocycles. The molecular weight excluding hydrogens is 352 g/mol. The molecule has 0 saturated carbocycles. The number of halogens is 2. The van der Waals surface area contributed by atoms with Crippen molar-refractivity contribution in [1.29, 1.82) is 0 Å². The van der Waals surface area contributed by atoms with Crippen LogP contribution in [0.2, 0.25) is 5.02 Å². The molecule has 2 aromatic rings. The van der Waals surface area contributed by atoms with Crippen molar-refractivity contribution in [1.82, 2.24) is 0 Å². The van der Waals surface area contributed by atoms with Crippen LogP contribution in [0.25, 0.3) is 0 Å². The van der Waals surface area contributed by atoms with Crippen molar-refractivity contribution in [3.63, 3.8) is 0 Å². The highest BCUT2D eigenvalue weighted by atomic mass is 79.9. The Morgan fingerprint density at radius 3 is 2.71 bits per heavy atom. The summed E-state index contributed by atoms with van der Waals surface area (Å²) < 4.78 is 6.38. The van der Waals surface area contributed by atoms with E-state index in [1.54, 1.807) is 18.2 Å². The van der Waals surface area contributed by atoms with E-state index in [-0.39, 0.29) is 5.78 Å². The first kappa shape index (κ1) is 16.1. The largest absolute Gasteiger partial charge is 0.492 e. The maximum absolute atomic E-state index is 12.3. The van der Waals surface area contributed by atoms with E-state index in [1.165, 1.54) is 0 Å². The third-order valence-corrected chi connectivity index (χ3v) is 3.82. The van der Waals surface area contributed by atoms with Gasteiger partial charge in [0.05, 0.1) is 11.1 Å². The molecular formula is C17H16BrClO2. The second-order valence-corrected chi connectivity index (χ2v) is 6.01. The molecule has 0 unspecified atom stereocenters. The van der Waals surface area contributed by atoms with Crippen LogP contribution in [-0.4, -0.2) is 12.4 Å². The molecule has 0 aliphatic rings. The molecule has 2 rings (SSSR count). The van der Waals surface area contributed by atoms with Crippen LogP contribution in [0.4, 0.5) is 0 Å². The fourth-order valence-corrected chi connectivity index (χ4v) is 2.64. The molecule has 0 fully saturated rings. The molecule has 4 heteroatoms. The molecule has 0 radical (unpaired) electrons. The van der Waals surface area contributed by atoms with Crippen LogP contribution in [0.1, 0.15) is 29.3 Å². The molecule has 2 nitrogen and oxygen atoms in total.